The van der Waals surface area contributed by atoms with Gasteiger partial charge in [-0.15, -0.1) is 11.3 Å². The van der Waals surface area contributed by atoms with Crippen molar-refractivity contribution in [2.24, 2.45) is 0 Å². The van der Waals surface area contributed by atoms with Crippen molar-refractivity contribution in [2.75, 3.05) is 4.90 Å². The summed E-state index contributed by atoms with van der Waals surface area (Å²) in [5.41, 5.74) is 1.72. The summed E-state index contributed by atoms with van der Waals surface area (Å²) >= 11 is 19.5. The third-order valence-corrected chi connectivity index (χ3v) is 6.95. The van der Waals surface area contributed by atoms with Gasteiger partial charge in [0.15, 0.2) is 0 Å². The molecule has 1 fully saturated rings. The smallest absolute Gasteiger partial charge is 0.300 e. The number of aliphatic hydroxyl groups excluding tert-OH is 1. The van der Waals surface area contributed by atoms with Crippen LogP contribution in [0.25, 0.3) is 5.76 Å². The van der Waals surface area contributed by atoms with Gasteiger partial charge in [0, 0.05) is 21.2 Å². The number of Topliss-reactive ketones (excluding diaryl/α,β-unsaturated/α-hetero) is 1. The molecular formula is C22H14Cl3NO3S. The molecule has 1 atom stereocenters. The molecule has 0 saturated carbocycles. The van der Waals surface area contributed by atoms with Crippen molar-refractivity contribution in [1.82, 2.24) is 0 Å². The van der Waals surface area contributed by atoms with Crippen molar-refractivity contribution in [3.05, 3.63) is 90.6 Å². The van der Waals surface area contributed by atoms with Crippen molar-refractivity contribution < 1.29 is 14.7 Å². The Morgan fingerprint density at radius 3 is 2.30 bits per heavy atom. The van der Waals surface area contributed by atoms with Crippen LogP contribution in [-0.2, 0) is 9.59 Å². The number of ketones is 1. The quantitative estimate of drug-likeness (QED) is 0.261. The Morgan fingerprint density at radius 2 is 1.70 bits per heavy atom. The van der Waals surface area contributed by atoms with E-state index >= 15 is 0 Å². The first-order valence-corrected chi connectivity index (χ1v) is 10.9. The second-order valence-electron chi connectivity index (χ2n) is 6.74. The number of halogens is 3. The number of aryl methyl sites for hydroxylation is 1. The summed E-state index contributed by atoms with van der Waals surface area (Å²) in [6.45, 7) is 1.90. The maximum atomic E-state index is 13.0. The summed E-state index contributed by atoms with van der Waals surface area (Å²) in [5.74, 6) is -1.80. The van der Waals surface area contributed by atoms with Crippen molar-refractivity contribution in [1.29, 1.82) is 0 Å². The van der Waals surface area contributed by atoms with Crippen LogP contribution < -0.4 is 4.90 Å². The lowest BCUT2D eigenvalue weighted by molar-refractivity contribution is -0.132. The zero-order valence-corrected chi connectivity index (χ0v) is 18.6. The molecule has 0 bridgehead atoms. The van der Waals surface area contributed by atoms with Crippen LogP contribution >= 0.6 is 46.1 Å². The van der Waals surface area contributed by atoms with Crippen LogP contribution in [-0.4, -0.2) is 16.8 Å². The van der Waals surface area contributed by atoms with Crippen LogP contribution in [0.5, 0.6) is 0 Å². The molecule has 30 heavy (non-hydrogen) atoms. The van der Waals surface area contributed by atoms with Gasteiger partial charge in [-0.2, -0.15) is 0 Å². The van der Waals surface area contributed by atoms with E-state index in [1.165, 1.54) is 28.4 Å². The highest BCUT2D eigenvalue weighted by Crippen LogP contribution is 2.45. The fourth-order valence-electron chi connectivity index (χ4n) is 3.41. The first kappa shape index (κ1) is 20.9. The van der Waals surface area contributed by atoms with Crippen LogP contribution in [0.15, 0.2) is 59.5 Å². The van der Waals surface area contributed by atoms with Gasteiger partial charge < -0.3 is 5.11 Å². The highest BCUT2D eigenvalue weighted by molar-refractivity contribution is 7.10. The number of carbonyl (C=O) groups excluding carboxylic acids is 2. The molecule has 0 spiro atoms. The third-order valence-electron chi connectivity index (χ3n) is 4.89. The zero-order chi connectivity index (χ0) is 21.6. The van der Waals surface area contributed by atoms with E-state index in [0.717, 1.165) is 10.4 Å². The van der Waals surface area contributed by atoms with E-state index in [2.05, 4.69) is 0 Å². The summed E-state index contributed by atoms with van der Waals surface area (Å²) < 4.78 is 0. The van der Waals surface area contributed by atoms with Gasteiger partial charge in [-0.3, -0.25) is 14.5 Å². The number of hydrogen-bond acceptors (Lipinski definition) is 4. The molecule has 152 valence electrons. The number of rotatable bonds is 3. The zero-order valence-electron chi connectivity index (χ0n) is 15.5. The Morgan fingerprint density at radius 1 is 1.00 bits per heavy atom. The third kappa shape index (κ3) is 3.52. The van der Waals surface area contributed by atoms with E-state index in [1.54, 1.807) is 30.3 Å². The molecule has 0 aliphatic carbocycles. The fraction of sp³-hybridized carbons (Fsp3) is 0.0909. The van der Waals surface area contributed by atoms with Gasteiger partial charge in [-0.05, 0) is 66.4 Å². The Bertz CT molecular complexity index is 1200. The number of amides is 1. The fourth-order valence-corrected chi connectivity index (χ4v) is 4.86. The van der Waals surface area contributed by atoms with Crippen molar-refractivity contribution in [3.63, 3.8) is 0 Å². The lowest BCUT2D eigenvalue weighted by Gasteiger charge is -2.25. The standard InChI is InChI=1S/C22H14Cl3NO3S/c1-11-8-9-30-21(11)18-17(19(27)12-2-7-15(24)16(25)10-12)20(28)22(29)26(18)14-5-3-13(23)4-6-14/h2-10,18,27H,1H3/b19-17-. The van der Waals surface area contributed by atoms with E-state index in [9.17, 15) is 14.7 Å². The molecule has 1 unspecified atom stereocenters. The predicted octanol–water partition coefficient (Wildman–Crippen LogP) is 6.64. The molecule has 8 heteroatoms. The second kappa shape index (κ2) is 8.08. The predicted molar refractivity (Wildman–Crippen MR) is 122 cm³/mol. The molecule has 2 aromatic carbocycles. The first-order valence-electron chi connectivity index (χ1n) is 8.85. The molecule has 3 aromatic rings. The molecule has 1 aromatic heterocycles. The van der Waals surface area contributed by atoms with E-state index in [1.807, 2.05) is 18.4 Å². The second-order valence-corrected chi connectivity index (χ2v) is 8.94. The maximum absolute atomic E-state index is 13.0. The number of benzene rings is 2. The lowest BCUT2D eigenvalue weighted by atomic mass is 9.98. The van der Waals surface area contributed by atoms with Crippen LogP contribution in [0.2, 0.25) is 15.1 Å². The molecule has 1 N–H and O–H groups in total. The maximum Gasteiger partial charge on any atom is 0.300 e. The number of carbonyl (C=O) groups is 2. The number of aliphatic hydroxyl groups is 1. The Kier molecular flexibility index (Phi) is 5.64. The van der Waals surface area contributed by atoms with Crippen LogP contribution in [0.4, 0.5) is 5.69 Å². The molecule has 0 radical (unpaired) electrons. The molecule has 1 saturated heterocycles. The van der Waals surface area contributed by atoms with Crippen molar-refractivity contribution >= 4 is 69.3 Å². The minimum absolute atomic E-state index is 0.00103. The molecule has 1 amide bonds. The van der Waals surface area contributed by atoms with Crippen LogP contribution in [0.3, 0.4) is 0 Å². The molecule has 2 heterocycles. The summed E-state index contributed by atoms with van der Waals surface area (Å²) in [4.78, 5) is 28.3. The number of nitrogens with zero attached hydrogens (tertiary/aromatic N) is 1. The van der Waals surface area contributed by atoms with Gasteiger partial charge in [-0.1, -0.05) is 34.8 Å². The highest BCUT2D eigenvalue weighted by atomic mass is 35.5. The average Bonchev–Trinajstić information content (AvgIpc) is 3.25. The van der Waals surface area contributed by atoms with Crippen molar-refractivity contribution in [3.8, 4) is 0 Å². The Labute approximate surface area is 191 Å². The van der Waals surface area contributed by atoms with Gasteiger partial charge in [0.2, 0.25) is 0 Å². The normalized spacial score (nSPS) is 18.3. The summed E-state index contributed by atoms with van der Waals surface area (Å²) in [6, 6.07) is 12.3. The van der Waals surface area contributed by atoms with Gasteiger partial charge in [0.05, 0.1) is 15.6 Å². The number of thiophene rings is 1. The Hall–Kier alpha value is -2.31. The van der Waals surface area contributed by atoms with Crippen molar-refractivity contribution in [2.45, 2.75) is 13.0 Å². The van der Waals surface area contributed by atoms with Crippen LogP contribution in [0.1, 0.15) is 22.0 Å². The molecule has 4 nitrogen and oxygen atoms in total. The van der Waals surface area contributed by atoms with E-state index in [4.69, 9.17) is 34.8 Å². The number of hydrogen-bond donors (Lipinski definition) is 1. The van der Waals surface area contributed by atoms with Crippen LogP contribution in [0, 0.1) is 6.92 Å². The van der Waals surface area contributed by atoms with Gasteiger partial charge in [0.25, 0.3) is 11.7 Å². The molecule has 1 aliphatic heterocycles. The lowest BCUT2D eigenvalue weighted by Crippen LogP contribution is -2.29. The molecule has 4 rings (SSSR count). The molecule has 1 aliphatic rings. The molecular weight excluding hydrogens is 465 g/mol. The minimum atomic E-state index is -0.777. The van der Waals surface area contributed by atoms with E-state index in [0.29, 0.717) is 21.3 Å². The van der Waals surface area contributed by atoms with E-state index < -0.39 is 17.7 Å². The monoisotopic (exact) mass is 477 g/mol. The SMILES string of the molecule is Cc1ccsc1C1/C(=C(/O)c2ccc(Cl)c(Cl)c2)C(=O)C(=O)N1c1ccc(Cl)cc1. The highest BCUT2D eigenvalue weighted by Gasteiger charge is 2.47. The largest absolute Gasteiger partial charge is 0.507 e. The summed E-state index contributed by atoms with van der Waals surface area (Å²) in [7, 11) is 0. The topological polar surface area (TPSA) is 57.6 Å². The van der Waals surface area contributed by atoms with E-state index in [-0.39, 0.29) is 16.4 Å². The summed E-state index contributed by atoms with van der Waals surface area (Å²) in [6.07, 6.45) is 0. The number of anilines is 1. The average molecular weight is 479 g/mol. The first-order chi connectivity index (χ1) is 14.3. The van der Waals surface area contributed by atoms with Gasteiger partial charge in [0.1, 0.15) is 11.8 Å². The summed E-state index contributed by atoms with van der Waals surface area (Å²) in [5, 5.41) is 14.0. The van der Waals surface area contributed by atoms with Gasteiger partial charge in [-0.25, -0.2) is 0 Å². The minimum Gasteiger partial charge on any atom is -0.507 e. The van der Waals surface area contributed by atoms with Gasteiger partial charge >= 0.3 is 0 Å². The Balaban J connectivity index is 1.95.